The highest BCUT2D eigenvalue weighted by Crippen LogP contribution is 2.19. The first-order valence-corrected chi connectivity index (χ1v) is 6.76. The minimum Gasteiger partial charge on any atom is -0.379 e. The lowest BCUT2D eigenvalue weighted by molar-refractivity contribution is 0.102. The zero-order chi connectivity index (χ0) is 16.3. The van der Waals surface area contributed by atoms with Gasteiger partial charge < -0.3 is 10.6 Å². The van der Waals surface area contributed by atoms with Gasteiger partial charge in [0.1, 0.15) is 23.0 Å². The van der Waals surface area contributed by atoms with Crippen LogP contribution in [0.5, 0.6) is 0 Å². The molecule has 116 valence electrons. The molecule has 0 fully saturated rings. The van der Waals surface area contributed by atoms with Crippen LogP contribution in [-0.4, -0.2) is 16.4 Å². The Balaban J connectivity index is 2.13. The second-order valence-corrected chi connectivity index (χ2v) is 5.86. The molecule has 4 nitrogen and oxygen atoms in total. The van der Waals surface area contributed by atoms with Crippen LogP contribution in [0.1, 0.15) is 31.3 Å². The fourth-order valence-corrected chi connectivity index (χ4v) is 1.83. The summed E-state index contributed by atoms with van der Waals surface area (Å²) in [5.74, 6) is -2.34. The standard InChI is InChI=1S/C16H17F2N3O/c1-16(2,3)21-10-7-8-13(19-9-10)15(22)20-14-11(17)5-4-6-12(14)18/h4-9,21H,1-3H3,(H,20,22). The predicted octanol–water partition coefficient (Wildman–Crippen LogP) is 3.82. The largest absolute Gasteiger partial charge is 0.379 e. The van der Waals surface area contributed by atoms with Crippen LogP contribution in [0.4, 0.5) is 20.2 Å². The molecular weight excluding hydrogens is 288 g/mol. The van der Waals surface area contributed by atoms with Gasteiger partial charge in [-0.1, -0.05) is 6.07 Å². The zero-order valence-electron chi connectivity index (χ0n) is 12.6. The summed E-state index contributed by atoms with van der Waals surface area (Å²) in [7, 11) is 0. The van der Waals surface area contributed by atoms with E-state index in [0.29, 0.717) is 0 Å². The van der Waals surface area contributed by atoms with Crippen LogP contribution in [0.2, 0.25) is 0 Å². The number of benzene rings is 1. The predicted molar refractivity (Wildman–Crippen MR) is 81.9 cm³/mol. The van der Waals surface area contributed by atoms with Crippen LogP contribution >= 0.6 is 0 Å². The summed E-state index contributed by atoms with van der Waals surface area (Å²) in [6.07, 6.45) is 1.50. The normalized spacial score (nSPS) is 11.1. The maximum absolute atomic E-state index is 13.5. The smallest absolute Gasteiger partial charge is 0.274 e. The summed E-state index contributed by atoms with van der Waals surface area (Å²) in [5, 5.41) is 5.39. The van der Waals surface area contributed by atoms with Gasteiger partial charge in [0.2, 0.25) is 0 Å². The first-order chi connectivity index (χ1) is 10.3. The van der Waals surface area contributed by atoms with Crippen LogP contribution in [0.25, 0.3) is 0 Å². The second kappa shape index (κ2) is 6.09. The SMILES string of the molecule is CC(C)(C)Nc1ccc(C(=O)Nc2c(F)cccc2F)nc1. The molecule has 22 heavy (non-hydrogen) atoms. The van der Waals surface area contributed by atoms with E-state index in [9.17, 15) is 13.6 Å². The minimum atomic E-state index is -0.834. The highest BCUT2D eigenvalue weighted by atomic mass is 19.1. The second-order valence-electron chi connectivity index (χ2n) is 5.86. The van der Waals surface area contributed by atoms with Gasteiger partial charge in [-0.3, -0.25) is 4.79 Å². The van der Waals surface area contributed by atoms with Gasteiger partial charge in [-0.2, -0.15) is 0 Å². The molecule has 2 aromatic rings. The Hall–Kier alpha value is -2.50. The number of halogens is 2. The third-order valence-electron chi connectivity index (χ3n) is 2.72. The van der Waals surface area contributed by atoms with E-state index in [-0.39, 0.29) is 11.2 Å². The summed E-state index contributed by atoms with van der Waals surface area (Å²) in [4.78, 5) is 16.0. The summed E-state index contributed by atoms with van der Waals surface area (Å²) in [6, 6.07) is 6.55. The average Bonchev–Trinajstić information content (AvgIpc) is 2.42. The number of para-hydroxylation sites is 1. The van der Waals surface area contributed by atoms with Crippen molar-refractivity contribution in [3.8, 4) is 0 Å². The number of nitrogens with one attached hydrogen (secondary N) is 2. The van der Waals surface area contributed by atoms with Gasteiger partial charge in [0.05, 0.1) is 11.9 Å². The molecule has 0 unspecified atom stereocenters. The quantitative estimate of drug-likeness (QED) is 0.906. The first-order valence-electron chi connectivity index (χ1n) is 6.76. The molecule has 0 saturated carbocycles. The summed E-state index contributed by atoms with van der Waals surface area (Å²) in [5.41, 5.74) is 0.205. The molecule has 0 saturated heterocycles. The molecule has 2 N–H and O–H groups in total. The molecule has 1 amide bonds. The number of pyridine rings is 1. The summed E-state index contributed by atoms with van der Waals surface area (Å²) >= 11 is 0. The molecule has 0 aliphatic heterocycles. The number of amides is 1. The van der Waals surface area contributed by atoms with Crippen LogP contribution in [-0.2, 0) is 0 Å². The van der Waals surface area contributed by atoms with Crippen molar-refractivity contribution in [1.29, 1.82) is 0 Å². The number of carbonyl (C=O) groups is 1. The van der Waals surface area contributed by atoms with Gasteiger partial charge in [0, 0.05) is 5.54 Å². The van der Waals surface area contributed by atoms with Crippen LogP contribution in [0.15, 0.2) is 36.5 Å². The van der Waals surface area contributed by atoms with Gasteiger partial charge >= 0.3 is 0 Å². The Labute approximate surface area is 127 Å². The Kier molecular flexibility index (Phi) is 4.40. The molecule has 0 aliphatic rings. The molecule has 0 bridgehead atoms. The summed E-state index contributed by atoms with van der Waals surface area (Å²) in [6.45, 7) is 5.98. The Morgan fingerprint density at radius 2 is 1.73 bits per heavy atom. The molecule has 0 spiro atoms. The van der Waals surface area contributed by atoms with E-state index >= 15 is 0 Å². The van der Waals surface area contributed by atoms with Crippen molar-refractivity contribution in [2.24, 2.45) is 0 Å². The minimum absolute atomic E-state index is 0.0714. The van der Waals surface area contributed by atoms with E-state index < -0.39 is 23.2 Å². The summed E-state index contributed by atoms with van der Waals surface area (Å²) < 4.78 is 27.0. The number of nitrogens with zero attached hydrogens (tertiary/aromatic N) is 1. The van der Waals surface area contributed by atoms with E-state index in [2.05, 4.69) is 15.6 Å². The zero-order valence-corrected chi connectivity index (χ0v) is 12.6. The highest BCUT2D eigenvalue weighted by molar-refractivity contribution is 6.03. The van der Waals surface area contributed by atoms with Crippen molar-refractivity contribution in [3.05, 3.63) is 53.9 Å². The topological polar surface area (TPSA) is 54.0 Å². The van der Waals surface area contributed by atoms with E-state index in [1.165, 1.54) is 18.3 Å². The van der Waals surface area contributed by atoms with Crippen molar-refractivity contribution >= 4 is 17.3 Å². The number of rotatable bonds is 3. The molecule has 0 aliphatic carbocycles. The van der Waals surface area contributed by atoms with Crippen molar-refractivity contribution in [3.63, 3.8) is 0 Å². The molecule has 1 heterocycles. The lowest BCUT2D eigenvalue weighted by Crippen LogP contribution is -2.26. The van der Waals surface area contributed by atoms with E-state index in [1.807, 2.05) is 20.8 Å². The van der Waals surface area contributed by atoms with Crippen molar-refractivity contribution in [1.82, 2.24) is 4.98 Å². The fourth-order valence-electron chi connectivity index (χ4n) is 1.83. The van der Waals surface area contributed by atoms with Crippen molar-refractivity contribution in [2.75, 3.05) is 10.6 Å². The van der Waals surface area contributed by atoms with Gasteiger partial charge in [-0.25, -0.2) is 13.8 Å². The third-order valence-corrected chi connectivity index (χ3v) is 2.72. The molecule has 0 atom stereocenters. The van der Waals surface area contributed by atoms with Gasteiger partial charge in [-0.15, -0.1) is 0 Å². The first kappa shape index (κ1) is 15.9. The number of hydrogen-bond acceptors (Lipinski definition) is 3. The Morgan fingerprint density at radius 3 is 2.23 bits per heavy atom. The number of hydrogen-bond donors (Lipinski definition) is 2. The number of aromatic nitrogens is 1. The maximum Gasteiger partial charge on any atom is 0.274 e. The van der Waals surface area contributed by atoms with E-state index in [0.717, 1.165) is 17.8 Å². The molecular formula is C16H17F2N3O. The van der Waals surface area contributed by atoms with Gasteiger partial charge in [-0.05, 0) is 45.0 Å². The molecule has 6 heteroatoms. The van der Waals surface area contributed by atoms with Crippen molar-refractivity contribution < 1.29 is 13.6 Å². The van der Waals surface area contributed by atoms with Gasteiger partial charge in [0.15, 0.2) is 0 Å². The molecule has 0 radical (unpaired) electrons. The van der Waals surface area contributed by atoms with E-state index in [1.54, 1.807) is 6.07 Å². The molecule has 1 aromatic carbocycles. The van der Waals surface area contributed by atoms with Crippen LogP contribution in [0, 0.1) is 11.6 Å². The Morgan fingerprint density at radius 1 is 1.09 bits per heavy atom. The van der Waals surface area contributed by atoms with Crippen LogP contribution < -0.4 is 10.6 Å². The third kappa shape index (κ3) is 4.00. The Bertz CT molecular complexity index is 659. The van der Waals surface area contributed by atoms with Crippen LogP contribution in [0.3, 0.4) is 0 Å². The maximum atomic E-state index is 13.5. The van der Waals surface area contributed by atoms with Gasteiger partial charge in [0.25, 0.3) is 5.91 Å². The van der Waals surface area contributed by atoms with E-state index in [4.69, 9.17) is 0 Å². The number of anilines is 2. The lowest BCUT2D eigenvalue weighted by atomic mass is 10.1. The average molecular weight is 305 g/mol. The molecule has 2 rings (SSSR count). The lowest BCUT2D eigenvalue weighted by Gasteiger charge is -2.21. The highest BCUT2D eigenvalue weighted by Gasteiger charge is 2.15. The van der Waals surface area contributed by atoms with Crippen molar-refractivity contribution in [2.45, 2.75) is 26.3 Å². The number of carbonyl (C=O) groups excluding carboxylic acids is 1. The fraction of sp³-hybridized carbons (Fsp3) is 0.250. The molecule has 1 aromatic heterocycles. The monoisotopic (exact) mass is 305 g/mol.